The first-order chi connectivity index (χ1) is 51.4. The summed E-state index contributed by atoms with van der Waals surface area (Å²) in [4.78, 5) is 0. The Hall–Kier alpha value is 0.390. The highest BCUT2D eigenvalue weighted by molar-refractivity contribution is 8.37. The fourth-order valence-corrected chi connectivity index (χ4v) is 51.5. The maximum absolute atomic E-state index is 6.33. The molecule has 0 bridgehead atoms. The van der Waals surface area contributed by atoms with Gasteiger partial charge in [-0.1, -0.05) is 97.2 Å². The zero-order valence-corrected chi connectivity index (χ0v) is 85.0. The van der Waals surface area contributed by atoms with Crippen LogP contribution in [0.1, 0.15) is 83.5 Å². The monoisotopic (exact) mass is 1760 g/mol. The smallest absolute Gasteiger partial charge is 0.00553 e. The summed E-state index contributed by atoms with van der Waals surface area (Å²) in [6.45, 7) is 68.9. The van der Waals surface area contributed by atoms with E-state index in [1.54, 1.807) is 0 Å². The van der Waals surface area contributed by atoms with Crippen LogP contribution in [0.2, 0.25) is 0 Å². The molecule has 0 spiro atoms. The molecule has 0 saturated carbocycles. The van der Waals surface area contributed by atoms with Crippen LogP contribution in [0, 0.1) is 11.8 Å². The fourth-order valence-electron chi connectivity index (χ4n) is 17.2. The van der Waals surface area contributed by atoms with Crippen molar-refractivity contribution in [1.82, 2.24) is 0 Å². The molecule has 0 aliphatic carbocycles. The Kier molecular flexibility index (Phi) is 58.5. The van der Waals surface area contributed by atoms with Crippen LogP contribution in [-0.2, 0) is 0 Å². The van der Waals surface area contributed by atoms with E-state index in [-0.39, 0.29) is 0 Å². The van der Waals surface area contributed by atoms with Crippen molar-refractivity contribution < 1.29 is 0 Å². The Morgan fingerprint density at radius 3 is 0.486 bits per heavy atom. The van der Waals surface area contributed by atoms with E-state index in [1.807, 2.05) is 0 Å². The maximum atomic E-state index is 6.33. The van der Waals surface area contributed by atoms with Gasteiger partial charge in [0.1, 0.15) is 0 Å². The summed E-state index contributed by atoms with van der Waals surface area (Å²) in [5.74, 6) is 46.2. The van der Waals surface area contributed by atoms with Gasteiger partial charge >= 0.3 is 0 Å². The normalized spacial score (nSPS) is 15.8. The molecule has 648 valence electrons. The van der Waals surface area contributed by atoms with Crippen LogP contribution in [0.3, 0.4) is 0 Å². The van der Waals surface area contributed by atoms with Gasteiger partial charge in [0, 0.05) is 5.25 Å². The van der Waals surface area contributed by atoms with Gasteiger partial charge in [0.15, 0.2) is 0 Å². The van der Waals surface area contributed by atoms with Gasteiger partial charge in [0.2, 0.25) is 0 Å². The Morgan fingerprint density at radius 1 is 0.174 bits per heavy atom. The number of rotatable bonds is 79. The molecule has 0 aliphatic rings. The predicted molar refractivity (Wildman–Crippen MR) is 580 cm³/mol. The SMILES string of the molecule is C=CCS(C)(CC=C)CCCS(C)(CCCC(CCS(C)(CCCS(C)(CC=C)CC=C)CCCS(C)(CC=C)CC=C)C(CCS(C)(CCCS(C)(CC=C)CC=C)CCCS(C)(CC=C)CC=C)C(S)CCS(C)(CCCS(C)(CC=C)CC=C)CCCS(C)(CC=C)CC=C)CCCS(C)(CC=C)CC=C. The van der Waals surface area contributed by atoms with E-state index < -0.39 is 120 Å². The standard InChI is InChI=1S/C96H186S13/c1-29-58-98(17,59-30-2)75-46-83-106(25,84-47-76-99(18,60-31-3)61-32-4)74-45-54-94(55-91-107(26,85-48-77-100(19,62-33-5)63-34-6)86-49-78-101(20,64-35-7)65-36-8)95(56-92-108(27,87-50-79-102(21,66-37-9)67-38-10)88-51-80-103(22,68-39-11)69-40-12)96(97)57-93-109(28,89-52-81-104(23,70-41-13)71-42-14)90-53-82-105(24,72-43-15)73-44-16/h29-44,94-97H,1-16,45-93H2,17-28H3. The highest BCUT2D eigenvalue weighted by atomic mass is 32.3. The van der Waals surface area contributed by atoms with E-state index in [0.29, 0.717) is 17.1 Å². The van der Waals surface area contributed by atoms with Gasteiger partial charge in [-0.3, -0.25) is 0 Å². The molecule has 13 heteroatoms. The van der Waals surface area contributed by atoms with Gasteiger partial charge < -0.3 is 0 Å². The zero-order chi connectivity index (χ0) is 82.7. The van der Waals surface area contributed by atoms with Crippen LogP contribution in [-0.4, -0.2) is 287 Å². The third kappa shape index (κ3) is 47.1. The molecule has 0 rings (SSSR count). The largest absolute Gasteiger partial charge is 0.244 e. The Balaban J connectivity index is 9.24. The number of hydrogen-bond acceptors (Lipinski definition) is 1. The van der Waals surface area contributed by atoms with Crippen molar-refractivity contribution >= 4 is 133 Å². The fraction of sp³-hybridized carbons (Fsp3) is 0.667. The second-order valence-electron chi connectivity index (χ2n) is 35.4. The van der Waals surface area contributed by atoms with Gasteiger partial charge in [-0.15, -0.1) is 105 Å². The second kappa shape index (κ2) is 58.3. The summed E-state index contributed by atoms with van der Waals surface area (Å²) in [6.07, 6.45) is 84.6. The van der Waals surface area contributed by atoms with E-state index >= 15 is 0 Å². The zero-order valence-electron chi connectivity index (χ0n) is 74.3. The highest BCUT2D eigenvalue weighted by Crippen LogP contribution is 2.59. The molecular weight excluding hydrogens is 1570 g/mol. The van der Waals surface area contributed by atoms with Crippen molar-refractivity contribution in [2.24, 2.45) is 11.8 Å². The molecule has 0 aromatic heterocycles. The molecule has 3 atom stereocenters. The van der Waals surface area contributed by atoms with E-state index in [4.69, 9.17) is 12.6 Å². The van der Waals surface area contributed by atoms with Crippen LogP contribution in [0.5, 0.6) is 0 Å². The molecule has 0 saturated heterocycles. The summed E-state index contributed by atoms with van der Waals surface area (Å²) in [5, 5.41) is 0.353. The van der Waals surface area contributed by atoms with Crippen LogP contribution in [0.25, 0.3) is 0 Å². The molecule has 0 aromatic rings. The molecule has 0 heterocycles. The molecule has 109 heavy (non-hydrogen) atoms. The third-order valence-corrected chi connectivity index (χ3v) is 66.3. The molecule has 3 unspecified atom stereocenters. The van der Waals surface area contributed by atoms with Crippen molar-refractivity contribution in [1.29, 1.82) is 0 Å². The quantitative estimate of drug-likeness (QED) is 0.0455. The first kappa shape index (κ1) is 109. The summed E-state index contributed by atoms with van der Waals surface area (Å²) in [7, 11) is -10.6. The molecule has 0 amide bonds. The van der Waals surface area contributed by atoms with Crippen molar-refractivity contribution in [2.45, 2.75) is 88.7 Å². The molecule has 0 nitrogen and oxygen atoms in total. The van der Waals surface area contributed by atoms with Gasteiger partial charge in [0.05, 0.1) is 0 Å². The Labute approximate surface area is 710 Å². The van der Waals surface area contributed by atoms with Crippen molar-refractivity contribution in [3.05, 3.63) is 202 Å². The Bertz CT molecular complexity index is 2440. The molecule has 0 N–H and O–H groups in total. The minimum atomic E-state index is -1.00. The molecule has 0 fully saturated rings. The Morgan fingerprint density at radius 2 is 0.312 bits per heavy atom. The van der Waals surface area contributed by atoms with Crippen LogP contribution < -0.4 is 0 Å². The summed E-state index contributed by atoms with van der Waals surface area (Å²) in [5.41, 5.74) is 0. The lowest BCUT2D eigenvalue weighted by molar-refractivity contribution is 0.286. The first-order valence-electron chi connectivity index (χ1n) is 41.4. The molecule has 0 aromatic carbocycles. The average Bonchev–Trinajstić information content (AvgIpc) is 0.834. The molecule has 0 aliphatic heterocycles. The number of hydrogen-bond donors (Lipinski definition) is 1. The van der Waals surface area contributed by atoms with Crippen molar-refractivity contribution in [2.75, 3.05) is 282 Å². The average molecular weight is 1760 g/mol. The van der Waals surface area contributed by atoms with Crippen LogP contribution in [0.15, 0.2) is 202 Å². The number of thiol groups is 1. The molecule has 0 radical (unpaired) electrons. The van der Waals surface area contributed by atoms with E-state index in [1.165, 1.54) is 199 Å². The summed E-state index contributed by atoms with van der Waals surface area (Å²) < 4.78 is 0. The van der Waals surface area contributed by atoms with Gasteiger partial charge in [-0.25, -0.2) is 120 Å². The van der Waals surface area contributed by atoms with Crippen molar-refractivity contribution in [3.63, 3.8) is 0 Å². The van der Waals surface area contributed by atoms with E-state index in [2.05, 4.69) is 278 Å². The minimum absolute atomic E-state index is 0.353. The topological polar surface area (TPSA) is 0 Å². The lowest BCUT2D eigenvalue weighted by atomic mass is 9.81. The van der Waals surface area contributed by atoms with E-state index in [9.17, 15) is 0 Å². The third-order valence-electron chi connectivity index (χ3n) is 23.7. The van der Waals surface area contributed by atoms with Crippen LogP contribution >= 0.6 is 133 Å². The predicted octanol–water partition coefficient (Wildman–Crippen LogP) is 27.8. The van der Waals surface area contributed by atoms with Gasteiger partial charge in [-0.2, -0.15) is 12.6 Å². The summed E-state index contributed by atoms with van der Waals surface area (Å²) >= 11 is 6.33. The van der Waals surface area contributed by atoms with Crippen molar-refractivity contribution in [3.8, 4) is 0 Å². The van der Waals surface area contributed by atoms with Gasteiger partial charge in [-0.05, 0) is 377 Å². The highest BCUT2D eigenvalue weighted by Gasteiger charge is 2.36. The second-order valence-corrected chi connectivity index (χ2v) is 85.1. The summed E-state index contributed by atoms with van der Waals surface area (Å²) in [6, 6.07) is 0. The first-order valence-corrected chi connectivity index (χ1v) is 72.5. The lowest BCUT2D eigenvalue weighted by Crippen LogP contribution is -2.31. The lowest BCUT2D eigenvalue weighted by Gasteiger charge is -2.45. The van der Waals surface area contributed by atoms with E-state index in [0.717, 1.165) is 92.0 Å². The minimum Gasteiger partial charge on any atom is -0.244 e. The van der Waals surface area contributed by atoms with Gasteiger partial charge in [0.25, 0.3) is 0 Å². The molecular formula is C96H186S13. The van der Waals surface area contributed by atoms with Crippen LogP contribution in [0.4, 0.5) is 0 Å². The maximum Gasteiger partial charge on any atom is 0.00553 e.